The zero-order valence-electron chi connectivity index (χ0n) is 23.5. The van der Waals surface area contributed by atoms with E-state index in [0.29, 0.717) is 55.2 Å². The van der Waals surface area contributed by atoms with E-state index < -0.39 is 5.41 Å². The van der Waals surface area contributed by atoms with Crippen molar-refractivity contribution in [1.29, 1.82) is 0 Å². The minimum Gasteiger partial charge on any atom is -0.489 e. The molecule has 1 unspecified atom stereocenters. The van der Waals surface area contributed by atoms with Gasteiger partial charge in [-0.25, -0.2) is 0 Å². The molecule has 218 valence electrons. The monoisotopic (exact) mass is 568 g/mol. The van der Waals surface area contributed by atoms with Crippen LogP contribution < -0.4 is 25.4 Å². The van der Waals surface area contributed by atoms with Crippen LogP contribution in [0.5, 0.6) is 17.2 Å². The molecule has 1 atom stereocenters. The summed E-state index contributed by atoms with van der Waals surface area (Å²) in [5.74, 6) is 1.48. The quantitative estimate of drug-likeness (QED) is 0.394. The van der Waals surface area contributed by atoms with Crippen molar-refractivity contribution in [2.24, 2.45) is 5.41 Å². The first-order valence-electron chi connectivity index (χ1n) is 14.3. The highest BCUT2D eigenvalue weighted by atomic mass is 16.5. The number of allylic oxidation sites excluding steroid dienone is 1. The first-order chi connectivity index (χ1) is 20.5. The minimum absolute atomic E-state index is 0.0705. The minimum atomic E-state index is -0.683. The maximum Gasteiger partial charge on any atom is 0.255 e. The third kappa shape index (κ3) is 7.55. The summed E-state index contributed by atoms with van der Waals surface area (Å²) in [7, 11) is 0. The molecule has 42 heavy (non-hydrogen) atoms. The third-order valence-electron chi connectivity index (χ3n) is 7.46. The van der Waals surface area contributed by atoms with Gasteiger partial charge in [-0.1, -0.05) is 42.5 Å². The number of hydrogen-bond acceptors (Lipinski definition) is 6. The van der Waals surface area contributed by atoms with Gasteiger partial charge in [-0.3, -0.25) is 19.3 Å². The Kier molecular flexibility index (Phi) is 9.51. The second-order valence-corrected chi connectivity index (χ2v) is 10.6. The molecule has 3 aromatic carbocycles. The fourth-order valence-electron chi connectivity index (χ4n) is 5.37. The molecule has 2 aliphatic rings. The van der Waals surface area contributed by atoms with Gasteiger partial charge in [0.1, 0.15) is 23.9 Å². The Bertz CT molecular complexity index is 1410. The molecule has 9 nitrogen and oxygen atoms in total. The highest BCUT2D eigenvalue weighted by molar-refractivity contribution is 5.97. The number of likely N-dealkylation sites (tertiary alicyclic amines) is 1. The molecule has 1 fully saturated rings. The smallest absolute Gasteiger partial charge is 0.255 e. The molecule has 0 aromatic heterocycles. The molecule has 5 rings (SSSR count). The average Bonchev–Trinajstić information content (AvgIpc) is 3.00. The van der Waals surface area contributed by atoms with Gasteiger partial charge in [0.25, 0.3) is 5.91 Å². The van der Waals surface area contributed by atoms with Crippen molar-refractivity contribution in [2.45, 2.75) is 19.3 Å². The van der Waals surface area contributed by atoms with Crippen LogP contribution in [0.15, 0.2) is 91.0 Å². The molecule has 1 spiro atoms. The normalized spacial score (nSPS) is 19.9. The summed E-state index contributed by atoms with van der Waals surface area (Å²) in [6, 6.07) is 23.9. The van der Waals surface area contributed by atoms with Crippen LogP contribution in [0.25, 0.3) is 0 Å². The topological polar surface area (TPSA) is 109 Å². The van der Waals surface area contributed by atoms with Crippen LogP contribution in [0.4, 0.5) is 5.69 Å². The molecule has 2 aliphatic heterocycles. The van der Waals surface area contributed by atoms with Crippen molar-refractivity contribution in [3.8, 4) is 17.2 Å². The number of carbonyl (C=O) groups excluding carboxylic acids is 3. The van der Waals surface area contributed by atoms with E-state index in [1.807, 2.05) is 77.7 Å². The van der Waals surface area contributed by atoms with Crippen LogP contribution in [0, 0.1) is 5.41 Å². The van der Waals surface area contributed by atoms with Crippen molar-refractivity contribution in [3.05, 3.63) is 96.6 Å². The predicted molar refractivity (Wildman–Crippen MR) is 161 cm³/mol. The Labute approximate surface area is 245 Å². The van der Waals surface area contributed by atoms with Crippen molar-refractivity contribution >= 4 is 23.4 Å². The third-order valence-corrected chi connectivity index (χ3v) is 7.46. The molecule has 2 heterocycles. The zero-order chi connectivity index (χ0) is 29.2. The highest BCUT2D eigenvalue weighted by Gasteiger charge is 2.41. The largest absolute Gasteiger partial charge is 0.489 e. The summed E-state index contributed by atoms with van der Waals surface area (Å²) in [5.41, 5.74) is 0.454. The number of hydrogen-bond donors (Lipinski definition) is 3. The van der Waals surface area contributed by atoms with E-state index in [1.165, 1.54) is 0 Å². The average molecular weight is 569 g/mol. The van der Waals surface area contributed by atoms with E-state index in [0.717, 1.165) is 18.7 Å². The molecule has 3 aromatic rings. The zero-order valence-corrected chi connectivity index (χ0v) is 23.5. The van der Waals surface area contributed by atoms with Gasteiger partial charge in [0, 0.05) is 25.3 Å². The number of ether oxygens (including phenoxy) is 2. The Morgan fingerprint density at radius 3 is 2.48 bits per heavy atom. The van der Waals surface area contributed by atoms with E-state index in [1.54, 1.807) is 18.2 Å². The highest BCUT2D eigenvalue weighted by Crippen LogP contribution is 2.34. The van der Waals surface area contributed by atoms with Crippen molar-refractivity contribution in [1.82, 2.24) is 15.5 Å². The first-order valence-corrected chi connectivity index (χ1v) is 14.3. The molecule has 1 saturated heterocycles. The standard InChI is InChI=1S/C33H36N4O5/c38-30(36-25-13-15-27(16-14-25)42-26-9-2-1-3-10-26)23-37-21-8-18-33(24-37)17-6-7-22-41-29-12-5-4-11-28(29)31(39)34-19-20-35-32(33)40/h1-7,9-16H,8,17-24H2,(H,34,39)(H,35,40)(H,36,38). The number of benzene rings is 3. The summed E-state index contributed by atoms with van der Waals surface area (Å²) in [4.78, 5) is 41.1. The number of fused-ring (bicyclic) bond motifs is 1. The van der Waals surface area contributed by atoms with Gasteiger partial charge in [-0.2, -0.15) is 0 Å². The molecule has 9 heteroatoms. The fraction of sp³-hybridized carbons (Fsp3) is 0.303. The van der Waals surface area contributed by atoms with Crippen LogP contribution >= 0.6 is 0 Å². The second kappa shape index (κ2) is 13.8. The summed E-state index contributed by atoms with van der Waals surface area (Å²) >= 11 is 0. The van der Waals surface area contributed by atoms with Gasteiger partial charge in [0.2, 0.25) is 11.8 Å². The number of rotatable bonds is 5. The van der Waals surface area contributed by atoms with E-state index in [4.69, 9.17) is 9.47 Å². The van der Waals surface area contributed by atoms with Gasteiger partial charge in [-0.15, -0.1) is 0 Å². The molecule has 0 aliphatic carbocycles. The number of amides is 3. The van der Waals surface area contributed by atoms with Gasteiger partial charge >= 0.3 is 0 Å². The Morgan fingerprint density at radius 2 is 1.64 bits per heavy atom. The molecule has 3 amide bonds. The molecular formula is C33H36N4O5. The van der Waals surface area contributed by atoms with E-state index in [9.17, 15) is 14.4 Å². The van der Waals surface area contributed by atoms with Crippen LogP contribution in [0.1, 0.15) is 29.6 Å². The number of carbonyl (C=O) groups is 3. The Balaban J connectivity index is 1.19. The predicted octanol–water partition coefficient (Wildman–Crippen LogP) is 4.38. The van der Waals surface area contributed by atoms with Gasteiger partial charge in [0.15, 0.2) is 0 Å². The number of para-hydroxylation sites is 2. The lowest BCUT2D eigenvalue weighted by Gasteiger charge is -2.41. The van der Waals surface area contributed by atoms with Crippen LogP contribution in [-0.4, -0.2) is 62.0 Å². The Morgan fingerprint density at radius 1 is 0.905 bits per heavy atom. The SMILES string of the molecule is O=C(CN1CCCC2(CC=CCOc3ccccc3C(=O)NCCNC2=O)C1)Nc1ccc(Oc2ccccc2)cc1. The number of piperidine rings is 1. The molecule has 3 N–H and O–H groups in total. The molecule has 0 saturated carbocycles. The molecule has 0 radical (unpaired) electrons. The lowest BCUT2D eigenvalue weighted by atomic mass is 9.76. The Hall–Kier alpha value is -4.63. The van der Waals surface area contributed by atoms with Crippen LogP contribution in [0.2, 0.25) is 0 Å². The summed E-state index contributed by atoms with van der Waals surface area (Å²) in [5, 5.41) is 8.83. The maximum absolute atomic E-state index is 13.5. The van der Waals surface area contributed by atoms with Crippen molar-refractivity contribution in [2.75, 3.05) is 44.6 Å². The van der Waals surface area contributed by atoms with E-state index in [2.05, 4.69) is 16.0 Å². The van der Waals surface area contributed by atoms with Gasteiger partial charge in [0.05, 0.1) is 17.5 Å². The number of nitrogens with zero attached hydrogens (tertiary/aromatic N) is 1. The second-order valence-electron chi connectivity index (χ2n) is 10.6. The maximum atomic E-state index is 13.5. The lowest BCUT2D eigenvalue weighted by Crippen LogP contribution is -2.53. The molecular weight excluding hydrogens is 532 g/mol. The summed E-state index contributed by atoms with van der Waals surface area (Å²) in [6.07, 6.45) is 5.88. The van der Waals surface area contributed by atoms with Crippen LogP contribution in [-0.2, 0) is 9.59 Å². The summed E-state index contributed by atoms with van der Waals surface area (Å²) < 4.78 is 11.7. The number of nitrogens with one attached hydrogen (secondary N) is 3. The molecule has 0 bridgehead atoms. The first kappa shape index (κ1) is 28.9. The van der Waals surface area contributed by atoms with Crippen LogP contribution in [0.3, 0.4) is 0 Å². The van der Waals surface area contributed by atoms with Gasteiger partial charge in [-0.05, 0) is 74.3 Å². The van der Waals surface area contributed by atoms with Crippen molar-refractivity contribution in [3.63, 3.8) is 0 Å². The fourth-order valence-corrected chi connectivity index (χ4v) is 5.37. The van der Waals surface area contributed by atoms with E-state index in [-0.39, 0.29) is 30.9 Å². The van der Waals surface area contributed by atoms with E-state index >= 15 is 0 Å². The lowest BCUT2D eigenvalue weighted by molar-refractivity contribution is -0.135. The summed E-state index contributed by atoms with van der Waals surface area (Å²) in [6.45, 7) is 2.25. The van der Waals surface area contributed by atoms with Crippen molar-refractivity contribution < 1.29 is 23.9 Å². The van der Waals surface area contributed by atoms with Gasteiger partial charge < -0.3 is 25.4 Å². The number of anilines is 1.